The molecule has 5 rings (SSSR count). The first-order chi connectivity index (χ1) is 15.7. The summed E-state index contributed by atoms with van der Waals surface area (Å²) in [6, 6.07) is 18.4. The van der Waals surface area contributed by atoms with Crippen LogP contribution in [0.15, 0.2) is 67.0 Å². The van der Waals surface area contributed by atoms with Gasteiger partial charge in [-0.1, -0.05) is 61.7 Å². The standard InChI is InChI=1S/C27H27N3O2/c1-19(31)24-17-29-30-26(22-10-6-3-7-11-22)25(16-28-27(24)30)21-12-14-23(15-13-21)32-18-20-8-4-2-5-9-20/h2,4-5,8-9,12-17,22H,3,6-7,10-11,18H2,1H3. The first kappa shape index (κ1) is 20.4. The molecule has 0 saturated heterocycles. The van der Waals surface area contributed by atoms with E-state index in [4.69, 9.17) is 4.74 Å². The van der Waals surface area contributed by atoms with Crippen LogP contribution in [-0.2, 0) is 6.61 Å². The highest BCUT2D eigenvalue weighted by molar-refractivity contribution is 5.99. The Morgan fingerprint density at radius 1 is 1.00 bits per heavy atom. The largest absolute Gasteiger partial charge is 0.489 e. The minimum atomic E-state index is -0.00485. The van der Waals surface area contributed by atoms with Gasteiger partial charge in [0.1, 0.15) is 12.4 Å². The van der Waals surface area contributed by atoms with Crippen molar-refractivity contribution in [1.29, 1.82) is 0 Å². The van der Waals surface area contributed by atoms with E-state index in [2.05, 4.69) is 34.3 Å². The predicted octanol–water partition coefficient (Wildman–Crippen LogP) is 6.23. The molecule has 0 atom stereocenters. The minimum Gasteiger partial charge on any atom is -0.489 e. The number of hydrogen-bond donors (Lipinski definition) is 0. The Balaban J connectivity index is 1.49. The molecule has 0 bridgehead atoms. The van der Waals surface area contributed by atoms with E-state index >= 15 is 0 Å². The van der Waals surface area contributed by atoms with Crippen molar-refractivity contribution in [3.63, 3.8) is 0 Å². The van der Waals surface area contributed by atoms with Crippen molar-refractivity contribution in [2.75, 3.05) is 0 Å². The Bertz CT molecular complexity index is 1220. The monoisotopic (exact) mass is 425 g/mol. The second-order valence-corrected chi connectivity index (χ2v) is 8.54. The van der Waals surface area contributed by atoms with Crippen molar-refractivity contribution in [2.24, 2.45) is 0 Å². The van der Waals surface area contributed by atoms with E-state index in [0.717, 1.165) is 35.3 Å². The zero-order valence-corrected chi connectivity index (χ0v) is 18.3. The Morgan fingerprint density at radius 2 is 1.75 bits per heavy atom. The fourth-order valence-corrected chi connectivity index (χ4v) is 4.66. The van der Waals surface area contributed by atoms with Crippen LogP contribution in [-0.4, -0.2) is 20.4 Å². The van der Waals surface area contributed by atoms with E-state index in [0.29, 0.717) is 23.7 Å². The molecular formula is C27H27N3O2. The summed E-state index contributed by atoms with van der Waals surface area (Å²) in [5.74, 6) is 1.25. The Labute approximate surface area is 188 Å². The van der Waals surface area contributed by atoms with Gasteiger partial charge in [-0.25, -0.2) is 9.50 Å². The molecule has 2 aromatic carbocycles. The van der Waals surface area contributed by atoms with Crippen molar-refractivity contribution >= 4 is 11.4 Å². The summed E-state index contributed by atoms with van der Waals surface area (Å²) in [4.78, 5) is 16.7. The number of benzene rings is 2. The maximum atomic E-state index is 12.1. The second-order valence-electron chi connectivity index (χ2n) is 8.54. The second kappa shape index (κ2) is 8.95. The van der Waals surface area contributed by atoms with Gasteiger partial charge in [-0.15, -0.1) is 0 Å². The van der Waals surface area contributed by atoms with E-state index in [1.165, 1.54) is 25.0 Å². The number of nitrogens with zero attached hydrogens (tertiary/aromatic N) is 3. The topological polar surface area (TPSA) is 56.5 Å². The fourth-order valence-electron chi connectivity index (χ4n) is 4.66. The molecule has 1 fully saturated rings. The van der Waals surface area contributed by atoms with Crippen LogP contribution >= 0.6 is 0 Å². The molecule has 5 nitrogen and oxygen atoms in total. The van der Waals surface area contributed by atoms with Crippen LogP contribution in [0.3, 0.4) is 0 Å². The number of hydrogen-bond acceptors (Lipinski definition) is 4. The van der Waals surface area contributed by atoms with Gasteiger partial charge in [0.15, 0.2) is 11.4 Å². The number of fused-ring (bicyclic) bond motifs is 1. The average Bonchev–Trinajstić information content (AvgIpc) is 3.28. The molecule has 162 valence electrons. The highest BCUT2D eigenvalue weighted by atomic mass is 16.5. The molecule has 2 heterocycles. The highest BCUT2D eigenvalue weighted by Gasteiger charge is 2.25. The molecule has 0 unspecified atom stereocenters. The normalized spacial score (nSPS) is 14.5. The third-order valence-electron chi connectivity index (χ3n) is 6.35. The van der Waals surface area contributed by atoms with Crippen LogP contribution in [0.25, 0.3) is 16.8 Å². The van der Waals surface area contributed by atoms with Gasteiger partial charge < -0.3 is 4.74 Å². The van der Waals surface area contributed by atoms with Crippen LogP contribution < -0.4 is 4.74 Å². The molecule has 1 aliphatic rings. The lowest BCUT2D eigenvalue weighted by Gasteiger charge is -2.25. The smallest absolute Gasteiger partial charge is 0.166 e. The van der Waals surface area contributed by atoms with Crippen LogP contribution in [0, 0.1) is 0 Å². The van der Waals surface area contributed by atoms with E-state index in [1.807, 2.05) is 41.0 Å². The zero-order chi connectivity index (χ0) is 21.9. The van der Waals surface area contributed by atoms with Gasteiger partial charge >= 0.3 is 0 Å². The summed E-state index contributed by atoms with van der Waals surface area (Å²) in [7, 11) is 0. The molecule has 1 aliphatic carbocycles. The van der Waals surface area contributed by atoms with Crippen LogP contribution in [0.4, 0.5) is 0 Å². The highest BCUT2D eigenvalue weighted by Crippen LogP contribution is 2.38. The quantitative estimate of drug-likeness (QED) is 0.344. The van der Waals surface area contributed by atoms with Crippen molar-refractivity contribution in [3.8, 4) is 16.9 Å². The SMILES string of the molecule is CC(=O)c1cnn2c(C3CCCCC3)c(-c3ccc(OCc4ccccc4)cc3)cnc12. The van der Waals surface area contributed by atoms with E-state index in [9.17, 15) is 4.79 Å². The molecule has 0 N–H and O–H groups in total. The van der Waals surface area contributed by atoms with Crippen molar-refractivity contribution in [1.82, 2.24) is 14.6 Å². The van der Waals surface area contributed by atoms with E-state index in [1.54, 1.807) is 13.1 Å². The van der Waals surface area contributed by atoms with Crippen molar-refractivity contribution < 1.29 is 9.53 Å². The van der Waals surface area contributed by atoms with Gasteiger partial charge in [0, 0.05) is 17.7 Å². The first-order valence-electron chi connectivity index (χ1n) is 11.4. The number of aromatic nitrogens is 3. The van der Waals surface area contributed by atoms with Gasteiger partial charge in [-0.3, -0.25) is 4.79 Å². The number of Topliss-reactive ketones (excluding diaryl/α,β-unsaturated/α-hetero) is 1. The summed E-state index contributed by atoms with van der Waals surface area (Å²) in [5, 5.41) is 4.59. The first-order valence-corrected chi connectivity index (χ1v) is 11.4. The number of ether oxygens (including phenoxy) is 1. The van der Waals surface area contributed by atoms with Crippen molar-refractivity contribution in [2.45, 2.75) is 51.6 Å². The maximum absolute atomic E-state index is 12.1. The van der Waals surface area contributed by atoms with Crippen LogP contribution in [0.5, 0.6) is 5.75 Å². The lowest BCUT2D eigenvalue weighted by molar-refractivity contribution is 0.101. The summed E-state index contributed by atoms with van der Waals surface area (Å²) >= 11 is 0. The lowest BCUT2D eigenvalue weighted by atomic mass is 9.84. The summed E-state index contributed by atoms with van der Waals surface area (Å²) < 4.78 is 7.86. The van der Waals surface area contributed by atoms with Gasteiger partial charge in [0.25, 0.3) is 0 Å². The molecule has 0 radical (unpaired) electrons. The molecule has 0 spiro atoms. The molecule has 0 amide bonds. The van der Waals surface area contributed by atoms with Crippen molar-refractivity contribution in [3.05, 3.63) is 83.8 Å². The molecule has 32 heavy (non-hydrogen) atoms. The summed E-state index contributed by atoms with van der Waals surface area (Å²) in [6.45, 7) is 2.11. The van der Waals surface area contributed by atoms with Gasteiger partial charge in [0.05, 0.1) is 17.5 Å². The lowest BCUT2D eigenvalue weighted by Crippen LogP contribution is -2.13. The number of ketones is 1. The van der Waals surface area contributed by atoms with Crippen LogP contribution in [0.1, 0.15) is 66.6 Å². The zero-order valence-electron chi connectivity index (χ0n) is 18.3. The molecule has 2 aromatic heterocycles. The Morgan fingerprint density at radius 3 is 2.47 bits per heavy atom. The number of rotatable bonds is 6. The Hall–Kier alpha value is -3.47. The third-order valence-corrected chi connectivity index (χ3v) is 6.35. The molecule has 1 saturated carbocycles. The Kier molecular flexibility index (Phi) is 5.71. The summed E-state index contributed by atoms with van der Waals surface area (Å²) in [5.41, 5.74) is 5.72. The molecular weight excluding hydrogens is 398 g/mol. The number of carbonyl (C=O) groups excluding carboxylic acids is 1. The average molecular weight is 426 g/mol. The van der Waals surface area contributed by atoms with Gasteiger partial charge in [-0.2, -0.15) is 5.10 Å². The fraction of sp³-hybridized carbons (Fsp3) is 0.296. The molecule has 0 aliphatic heterocycles. The van der Waals surface area contributed by atoms with Gasteiger partial charge in [-0.05, 0) is 43.0 Å². The molecule has 4 aromatic rings. The number of carbonyl (C=O) groups is 1. The van der Waals surface area contributed by atoms with Crippen LogP contribution in [0.2, 0.25) is 0 Å². The third kappa shape index (κ3) is 4.03. The van der Waals surface area contributed by atoms with Gasteiger partial charge in [0.2, 0.25) is 0 Å². The summed E-state index contributed by atoms with van der Waals surface area (Å²) in [6.07, 6.45) is 9.57. The maximum Gasteiger partial charge on any atom is 0.166 e. The minimum absolute atomic E-state index is 0.00485. The molecule has 5 heteroatoms. The van der Waals surface area contributed by atoms with E-state index in [-0.39, 0.29) is 5.78 Å². The van der Waals surface area contributed by atoms with E-state index < -0.39 is 0 Å². The predicted molar refractivity (Wildman–Crippen MR) is 125 cm³/mol.